The topological polar surface area (TPSA) is 29.1 Å². The number of alkyl halides is 3. The van der Waals surface area contributed by atoms with E-state index in [-0.39, 0.29) is 5.92 Å². The molecule has 0 saturated carbocycles. The van der Waals surface area contributed by atoms with Crippen molar-refractivity contribution in [2.24, 2.45) is 0 Å². The van der Waals surface area contributed by atoms with Crippen LogP contribution >= 0.6 is 0 Å². The van der Waals surface area contributed by atoms with Crippen LogP contribution in [0.5, 0.6) is 0 Å². The molecule has 2 atom stereocenters. The molecule has 0 aromatic heterocycles. The Kier molecular flexibility index (Phi) is 3.74. The molecule has 1 heterocycles. The quantitative estimate of drug-likeness (QED) is 0.918. The second-order valence-electron chi connectivity index (χ2n) is 5.30. The third-order valence-electron chi connectivity index (χ3n) is 3.95. The summed E-state index contributed by atoms with van der Waals surface area (Å²) in [6, 6.07) is 15.1. The first kappa shape index (κ1) is 14.8. The van der Waals surface area contributed by atoms with Crippen molar-refractivity contribution in [3.8, 4) is 0 Å². The molecule has 114 valence electrons. The van der Waals surface area contributed by atoms with Crippen LogP contribution in [0.4, 0.5) is 13.2 Å². The van der Waals surface area contributed by atoms with Crippen LogP contribution in [0.1, 0.15) is 28.7 Å². The molecule has 0 radical (unpaired) electrons. The first-order valence-electron chi connectivity index (χ1n) is 6.96. The number of Topliss-reactive ketones (excluding diaryl/α,β-unsaturated/α-hetero) is 1. The second-order valence-corrected chi connectivity index (χ2v) is 5.30. The zero-order chi connectivity index (χ0) is 15.7. The summed E-state index contributed by atoms with van der Waals surface area (Å²) in [5.74, 6) is -1.80. The molecule has 0 saturated heterocycles. The van der Waals surface area contributed by atoms with E-state index in [1.165, 1.54) is 0 Å². The van der Waals surface area contributed by atoms with Crippen LogP contribution in [0.25, 0.3) is 0 Å². The predicted octanol–water partition coefficient (Wildman–Crippen LogP) is 3.59. The van der Waals surface area contributed by atoms with E-state index in [2.05, 4.69) is 5.32 Å². The van der Waals surface area contributed by atoms with Crippen LogP contribution in [-0.4, -0.2) is 18.5 Å². The number of carbonyl (C=O) groups excluding carboxylic acids is 1. The van der Waals surface area contributed by atoms with Gasteiger partial charge in [0, 0.05) is 12.5 Å². The van der Waals surface area contributed by atoms with Gasteiger partial charge in [-0.2, -0.15) is 13.2 Å². The van der Waals surface area contributed by atoms with Crippen molar-refractivity contribution >= 4 is 5.78 Å². The van der Waals surface area contributed by atoms with Crippen molar-refractivity contribution in [2.45, 2.75) is 18.1 Å². The van der Waals surface area contributed by atoms with E-state index in [0.29, 0.717) is 12.1 Å². The monoisotopic (exact) mass is 305 g/mol. The van der Waals surface area contributed by atoms with E-state index < -0.39 is 18.0 Å². The fraction of sp³-hybridized carbons (Fsp3) is 0.235. The maximum Gasteiger partial charge on any atom is 0.452 e. The summed E-state index contributed by atoms with van der Waals surface area (Å²) in [5, 5.41) is 2.76. The molecule has 0 spiro atoms. The summed E-state index contributed by atoms with van der Waals surface area (Å²) in [6.07, 6.45) is -4.84. The van der Waals surface area contributed by atoms with Gasteiger partial charge in [-0.05, 0) is 16.7 Å². The fourth-order valence-corrected chi connectivity index (χ4v) is 2.93. The summed E-state index contributed by atoms with van der Waals surface area (Å²) >= 11 is 0. The third kappa shape index (κ3) is 2.64. The standard InChI is InChI=1S/C17H14F3NO/c18-17(19,20)16(22)15-13-9-5-4-8-12(13)14(10-21-15)11-6-2-1-3-7-11/h1-9,14-15,21H,10H2. The minimum Gasteiger partial charge on any atom is -0.303 e. The molecule has 1 N–H and O–H groups in total. The van der Waals surface area contributed by atoms with Crippen LogP contribution < -0.4 is 5.32 Å². The number of rotatable bonds is 2. The van der Waals surface area contributed by atoms with Gasteiger partial charge in [0.05, 0.1) is 0 Å². The molecule has 0 bridgehead atoms. The SMILES string of the molecule is O=C(C1NCC(c2ccccc2)c2ccccc21)C(F)(F)F. The van der Waals surface area contributed by atoms with Gasteiger partial charge in [0.2, 0.25) is 0 Å². The minimum atomic E-state index is -4.84. The maximum absolute atomic E-state index is 12.8. The van der Waals surface area contributed by atoms with E-state index >= 15 is 0 Å². The lowest BCUT2D eigenvalue weighted by atomic mass is 9.81. The molecule has 2 nitrogen and oxygen atoms in total. The molecule has 5 heteroatoms. The van der Waals surface area contributed by atoms with Crippen molar-refractivity contribution in [3.63, 3.8) is 0 Å². The van der Waals surface area contributed by atoms with Gasteiger partial charge in [0.25, 0.3) is 5.78 Å². The minimum absolute atomic E-state index is 0.0605. The van der Waals surface area contributed by atoms with Crippen LogP contribution in [0.3, 0.4) is 0 Å². The van der Waals surface area contributed by atoms with Crippen molar-refractivity contribution in [2.75, 3.05) is 6.54 Å². The van der Waals surface area contributed by atoms with E-state index in [9.17, 15) is 18.0 Å². The molecule has 2 aromatic rings. The summed E-state index contributed by atoms with van der Waals surface area (Å²) < 4.78 is 38.3. The lowest BCUT2D eigenvalue weighted by Crippen LogP contribution is -2.43. The Labute approximate surface area is 126 Å². The van der Waals surface area contributed by atoms with Gasteiger partial charge >= 0.3 is 6.18 Å². The van der Waals surface area contributed by atoms with Crippen molar-refractivity contribution in [1.29, 1.82) is 0 Å². The zero-order valence-electron chi connectivity index (χ0n) is 11.6. The van der Waals surface area contributed by atoms with Crippen LogP contribution in [0.2, 0.25) is 0 Å². The van der Waals surface area contributed by atoms with Gasteiger partial charge in [-0.15, -0.1) is 0 Å². The zero-order valence-corrected chi connectivity index (χ0v) is 11.6. The Bertz CT molecular complexity index is 682. The highest BCUT2D eigenvalue weighted by Crippen LogP contribution is 2.37. The number of nitrogens with one attached hydrogen (secondary N) is 1. The first-order valence-corrected chi connectivity index (χ1v) is 6.96. The largest absolute Gasteiger partial charge is 0.452 e. The number of hydrogen-bond donors (Lipinski definition) is 1. The highest BCUT2D eigenvalue weighted by atomic mass is 19.4. The molecule has 0 amide bonds. The number of ketones is 1. The fourth-order valence-electron chi connectivity index (χ4n) is 2.93. The van der Waals surface area contributed by atoms with Gasteiger partial charge in [-0.25, -0.2) is 0 Å². The van der Waals surface area contributed by atoms with Gasteiger partial charge in [-0.1, -0.05) is 54.6 Å². The summed E-state index contributed by atoms with van der Waals surface area (Å²) in [7, 11) is 0. The van der Waals surface area contributed by atoms with Gasteiger partial charge in [0.15, 0.2) is 0 Å². The smallest absolute Gasteiger partial charge is 0.303 e. The maximum atomic E-state index is 12.8. The van der Waals surface area contributed by atoms with Crippen LogP contribution in [-0.2, 0) is 4.79 Å². The number of carbonyl (C=O) groups is 1. The highest BCUT2D eigenvalue weighted by Gasteiger charge is 2.46. The Hall–Kier alpha value is -2.14. The van der Waals surface area contributed by atoms with Crippen LogP contribution in [0, 0.1) is 0 Å². The molecule has 2 unspecified atom stereocenters. The molecule has 22 heavy (non-hydrogen) atoms. The average Bonchev–Trinajstić information content (AvgIpc) is 2.53. The lowest BCUT2D eigenvalue weighted by Gasteiger charge is -2.32. The Balaban J connectivity index is 2.02. The molecule has 3 rings (SSSR count). The van der Waals surface area contributed by atoms with Gasteiger partial charge in [-0.3, -0.25) is 4.79 Å². The number of benzene rings is 2. The number of fused-ring (bicyclic) bond motifs is 1. The van der Waals surface area contributed by atoms with E-state index in [0.717, 1.165) is 11.1 Å². The van der Waals surface area contributed by atoms with E-state index in [1.54, 1.807) is 24.3 Å². The number of halogens is 3. The number of hydrogen-bond acceptors (Lipinski definition) is 2. The Morgan fingerprint density at radius 1 is 0.955 bits per heavy atom. The van der Waals surface area contributed by atoms with Crippen LogP contribution in [0.15, 0.2) is 54.6 Å². The summed E-state index contributed by atoms with van der Waals surface area (Å²) in [4.78, 5) is 11.6. The normalized spacial score (nSPS) is 21.2. The van der Waals surface area contributed by atoms with Gasteiger partial charge in [0.1, 0.15) is 6.04 Å². The van der Waals surface area contributed by atoms with E-state index in [4.69, 9.17) is 0 Å². The molecule has 0 fully saturated rings. The molecule has 2 aromatic carbocycles. The lowest BCUT2D eigenvalue weighted by molar-refractivity contribution is -0.173. The molecule has 0 aliphatic carbocycles. The molecule has 1 aliphatic heterocycles. The molecule has 1 aliphatic rings. The van der Waals surface area contributed by atoms with Crippen molar-refractivity contribution in [1.82, 2.24) is 5.32 Å². The van der Waals surface area contributed by atoms with E-state index in [1.807, 2.05) is 30.3 Å². The first-order chi connectivity index (χ1) is 10.5. The average molecular weight is 305 g/mol. The third-order valence-corrected chi connectivity index (χ3v) is 3.95. The Morgan fingerprint density at radius 3 is 2.18 bits per heavy atom. The summed E-state index contributed by atoms with van der Waals surface area (Å²) in [5.41, 5.74) is 2.19. The molecular weight excluding hydrogens is 291 g/mol. The Morgan fingerprint density at radius 2 is 1.55 bits per heavy atom. The molecular formula is C17H14F3NO. The van der Waals surface area contributed by atoms with Crippen molar-refractivity contribution < 1.29 is 18.0 Å². The highest BCUT2D eigenvalue weighted by molar-refractivity contribution is 5.90. The van der Waals surface area contributed by atoms with Crippen molar-refractivity contribution in [3.05, 3.63) is 71.3 Å². The predicted molar refractivity (Wildman–Crippen MR) is 76.5 cm³/mol. The summed E-state index contributed by atoms with van der Waals surface area (Å²) in [6.45, 7) is 0.299. The second kappa shape index (κ2) is 5.57. The van der Waals surface area contributed by atoms with Gasteiger partial charge < -0.3 is 5.32 Å².